The molecule has 0 saturated carbocycles. The maximum Gasteiger partial charge on any atom is 0.225 e. The fourth-order valence-electron chi connectivity index (χ4n) is 5.69. The second-order valence-corrected chi connectivity index (χ2v) is 12.1. The Balaban J connectivity index is 1.19. The number of hydrogen-bond acceptors (Lipinski definition) is 8. The molecular formula is C32H38Cl2N6O2. The molecule has 3 heterocycles. The average molecular weight is 610 g/mol. The van der Waals surface area contributed by atoms with E-state index in [-0.39, 0.29) is 6.61 Å². The van der Waals surface area contributed by atoms with E-state index in [0.717, 1.165) is 67.8 Å². The zero-order valence-electron chi connectivity index (χ0n) is 24.3. The first-order valence-electron chi connectivity index (χ1n) is 14.6. The van der Waals surface area contributed by atoms with Crippen molar-refractivity contribution in [2.75, 3.05) is 56.7 Å². The Morgan fingerprint density at radius 1 is 1.02 bits per heavy atom. The fourth-order valence-corrected chi connectivity index (χ4v) is 6.04. The van der Waals surface area contributed by atoms with E-state index in [4.69, 9.17) is 37.7 Å². The summed E-state index contributed by atoms with van der Waals surface area (Å²) in [7, 11) is 0. The van der Waals surface area contributed by atoms with Crippen LogP contribution in [0.4, 0.5) is 5.95 Å². The molecule has 42 heavy (non-hydrogen) atoms. The van der Waals surface area contributed by atoms with Crippen LogP contribution in [0.25, 0.3) is 0 Å². The lowest BCUT2D eigenvalue weighted by molar-refractivity contribution is 0.153. The minimum Gasteiger partial charge on any atom is -0.489 e. The predicted octanol–water partition coefficient (Wildman–Crippen LogP) is 5.40. The van der Waals surface area contributed by atoms with Crippen molar-refractivity contribution in [3.8, 4) is 17.6 Å². The molecule has 0 bridgehead atoms. The summed E-state index contributed by atoms with van der Waals surface area (Å²) in [6, 6.07) is 16.5. The van der Waals surface area contributed by atoms with Crippen LogP contribution in [0, 0.1) is 11.3 Å². The normalized spacial score (nSPS) is 16.7. The van der Waals surface area contributed by atoms with Gasteiger partial charge in [0.2, 0.25) is 5.95 Å². The Morgan fingerprint density at radius 3 is 2.45 bits per heavy atom. The Labute approximate surface area is 258 Å². The van der Waals surface area contributed by atoms with Gasteiger partial charge in [-0.15, -0.1) is 11.6 Å². The lowest BCUT2D eigenvalue weighted by atomic mass is 9.77. The number of nitrogens with one attached hydrogen (secondary N) is 1. The van der Waals surface area contributed by atoms with Crippen molar-refractivity contribution in [1.82, 2.24) is 20.2 Å². The summed E-state index contributed by atoms with van der Waals surface area (Å²) in [4.78, 5) is 14.2. The van der Waals surface area contributed by atoms with Gasteiger partial charge in [-0.3, -0.25) is 4.90 Å². The van der Waals surface area contributed by atoms with Crippen molar-refractivity contribution >= 4 is 29.2 Å². The number of piperidine rings is 1. The van der Waals surface area contributed by atoms with E-state index >= 15 is 0 Å². The van der Waals surface area contributed by atoms with Crippen LogP contribution in [0.1, 0.15) is 49.1 Å². The van der Waals surface area contributed by atoms with Crippen molar-refractivity contribution in [2.45, 2.75) is 44.8 Å². The standard InChI is InChI=1S/C32H38Cl2N6O2/c1-32(2,25-19-23(21-35)30(29(34)20-25)41-18-10-33)24-3-5-28(6-4-24)42-22-26-7-13-37-31(38-26)40-16-14-39(15-17-40)27-8-11-36-12-9-27/h3-7,13,19-20,27,36H,8-12,14-18,22H2,1-2H3. The minimum atomic E-state index is -0.405. The highest BCUT2D eigenvalue weighted by molar-refractivity contribution is 6.32. The van der Waals surface area contributed by atoms with Crippen LogP contribution < -0.4 is 19.7 Å². The van der Waals surface area contributed by atoms with Gasteiger partial charge < -0.3 is 19.7 Å². The summed E-state index contributed by atoms with van der Waals surface area (Å²) in [5.41, 5.74) is 2.82. The number of benzene rings is 2. The maximum absolute atomic E-state index is 9.69. The summed E-state index contributed by atoms with van der Waals surface area (Å²) in [6.45, 7) is 11.1. The molecule has 1 aromatic heterocycles. The molecule has 0 unspecified atom stereocenters. The third-order valence-electron chi connectivity index (χ3n) is 8.29. The van der Waals surface area contributed by atoms with Gasteiger partial charge in [-0.05, 0) is 67.4 Å². The molecule has 5 rings (SSSR count). The SMILES string of the molecule is CC(C)(c1ccc(OCc2ccnc(N3CCN(C4CCNCC4)CC3)n2)cc1)c1cc(Cl)c(OCCCl)c(C#N)c1. The first kappa shape index (κ1) is 30.4. The molecule has 222 valence electrons. The number of nitriles is 1. The van der Waals surface area contributed by atoms with Crippen molar-refractivity contribution in [2.24, 2.45) is 0 Å². The zero-order valence-corrected chi connectivity index (χ0v) is 25.8. The van der Waals surface area contributed by atoms with Gasteiger partial charge in [0.25, 0.3) is 0 Å². The molecule has 2 aromatic carbocycles. The Bertz CT molecular complexity index is 1380. The van der Waals surface area contributed by atoms with Gasteiger partial charge in [0, 0.05) is 43.8 Å². The molecule has 0 aliphatic carbocycles. The average Bonchev–Trinajstić information content (AvgIpc) is 3.03. The number of nitrogens with zero attached hydrogens (tertiary/aromatic N) is 5. The Kier molecular flexibility index (Phi) is 10.1. The quantitative estimate of drug-likeness (QED) is 0.306. The lowest BCUT2D eigenvalue weighted by Gasteiger charge is -2.40. The van der Waals surface area contributed by atoms with E-state index in [1.54, 1.807) is 0 Å². The molecule has 1 N–H and O–H groups in total. The highest BCUT2D eigenvalue weighted by atomic mass is 35.5. The highest BCUT2D eigenvalue weighted by Crippen LogP contribution is 2.38. The van der Waals surface area contributed by atoms with E-state index in [0.29, 0.717) is 34.9 Å². The molecule has 2 saturated heterocycles. The van der Waals surface area contributed by atoms with Crippen LogP contribution in [0.2, 0.25) is 5.02 Å². The Hall–Kier alpha value is -3.09. The molecule has 0 amide bonds. The second-order valence-electron chi connectivity index (χ2n) is 11.3. The van der Waals surface area contributed by atoms with E-state index in [1.807, 2.05) is 48.7 Å². The third kappa shape index (κ3) is 7.09. The molecule has 3 aromatic rings. The van der Waals surface area contributed by atoms with Gasteiger partial charge in [-0.1, -0.05) is 37.6 Å². The molecular weight excluding hydrogens is 571 g/mol. The number of piperazine rings is 1. The molecule has 8 nitrogen and oxygen atoms in total. The summed E-state index contributed by atoms with van der Waals surface area (Å²) < 4.78 is 11.7. The van der Waals surface area contributed by atoms with Gasteiger partial charge in [0.05, 0.1) is 22.2 Å². The summed E-state index contributed by atoms with van der Waals surface area (Å²) in [6.07, 6.45) is 4.28. The third-order valence-corrected chi connectivity index (χ3v) is 8.73. The van der Waals surface area contributed by atoms with Crippen molar-refractivity contribution in [1.29, 1.82) is 5.26 Å². The molecule has 2 fully saturated rings. The van der Waals surface area contributed by atoms with Gasteiger partial charge in [0.15, 0.2) is 5.75 Å². The number of anilines is 1. The van der Waals surface area contributed by atoms with Crippen LogP contribution in [-0.2, 0) is 12.0 Å². The second kappa shape index (κ2) is 13.9. The number of rotatable bonds is 10. The summed E-state index contributed by atoms with van der Waals surface area (Å²) >= 11 is 12.3. The van der Waals surface area contributed by atoms with Gasteiger partial charge in [-0.25, -0.2) is 9.97 Å². The zero-order chi connectivity index (χ0) is 29.5. The van der Waals surface area contributed by atoms with Gasteiger partial charge >= 0.3 is 0 Å². The van der Waals surface area contributed by atoms with Gasteiger partial charge in [-0.2, -0.15) is 5.26 Å². The number of ether oxygens (including phenoxy) is 2. The number of halogens is 2. The minimum absolute atomic E-state index is 0.284. The molecule has 0 atom stereocenters. The summed E-state index contributed by atoms with van der Waals surface area (Å²) in [5.74, 6) is 2.21. The molecule has 10 heteroatoms. The topological polar surface area (TPSA) is 86.5 Å². The van der Waals surface area contributed by atoms with E-state index in [1.165, 1.54) is 12.8 Å². The molecule has 2 aliphatic heterocycles. The number of hydrogen-bond donors (Lipinski definition) is 1. The van der Waals surface area contributed by atoms with Crippen molar-refractivity contribution in [3.05, 3.63) is 76.1 Å². The number of alkyl halides is 1. The summed E-state index contributed by atoms with van der Waals surface area (Å²) in [5, 5.41) is 13.5. The van der Waals surface area contributed by atoms with E-state index in [9.17, 15) is 5.26 Å². The van der Waals surface area contributed by atoms with Crippen molar-refractivity contribution < 1.29 is 9.47 Å². The van der Waals surface area contributed by atoms with Crippen LogP contribution in [-0.4, -0.2) is 72.7 Å². The van der Waals surface area contributed by atoms with Crippen LogP contribution in [0.15, 0.2) is 48.7 Å². The van der Waals surface area contributed by atoms with E-state index < -0.39 is 5.41 Å². The van der Waals surface area contributed by atoms with Crippen LogP contribution in [0.5, 0.6) is 11.5 Å². The molecule has 0 radical (unpaired) electrons. The number of aromatic nitrogens is 2. The van der Waals surface area contributed by atoms with Crippen molar-refractivity contribution in [3.63, 3.8) is 0 Å². The maximum atomic E-state index is 9.69. The monoisotopic (exact) mass is 608 g/mol. The smallest absolute Gasteiger partial charge is 0.225 e. The van der Waals surface area contributed by atoms with E-state index in [2.05, 4.69) is 40.0 Å². The molecule has 2 aliphatic rings. The van der Waals surface area contributed by atoms with Crippen LogP contribution in [0.3, 0.4) is 0 Å². The van der Waals surface area contributed by atoms with Gasteiger partial charge in [0.1, 0.15) is 25.0 Å². The highest BCUT2D eigenvalue weighted by Gasteiger charge is 2.27. The van der Waals surface area contributed by atoms with Crippen LogP contribution >= 0.6 is 23.2 Å². The first-order valence-corrected chi connectivity index (χ1v) is 15.5. The first-order chi connectivity index (χ1) is 20.4. The largest absolute Gasteiger partial charge is 0.489 e. The predicted molar refractivity (Wildman–Crippen MR) is 167 cm³/mol. The molecule has 0 spiro atoms. The fraction of sp³-hybridized carbons (Fsp3) is 0.469. The Morgan fingerprint density at radius 2 is 1.76 bits per heavy atom. The lowest BCUT2D eigenvalue weighted by Crippen LogP contribution is -2.53.